The minimum atomic E-state index is -0.411. The largest absolute Gasteiger partial charge is 0.482 e. The van der Waals surface area contributed by atoms with Crippen molar-refractivity contribution in [2.75, 3.05) is 6.61 Å². The molecule has 0 aliphatic carbocycles. The van der Waals surface area contributed by atoms with Gasteiger partial charge in [-0.2, -0.15) is 0 Å². The van der Waals surface area contributed by atoms with Gasteiger partial charge < -0.3 is 4.74 Å². The van der Waals surface area contributed by atoms with Gasteiger partial charge in [0.25, 0.3) is 5.70 Å². The molecular formula is C10H9NO3. The molecule has 1 aliphatic rings. The van der Waals surface area contributed by atoms with Crippen LogP contribution < -0.4 is 4.74 Å². The predicted molar refractivity (Wildman–Crippen MR) is 51.6 cm³/mol. The molecule has 0 saturated carbocycles. The van der Waals surface area contributed by atoms with Crippen LogP contribution in [0.4, 0.5) is 0 Å². The number of benzene rings is 1. The van der Waals surface area contributed by atoms with Crippen molar-refractivity contribution in [3.8, 4) is 5.75 Å². The molecule has 2 rings (SSSR count). The third-order valence-electron chi connectivity index (χ3n) is 2.10. The highest BCUT2D eigenvalue weighted by atomic mass is 16.6. The van der Waals surface area contributed by atoms with E-state index in [2.05, 4.69) is 0 Å². The van der Waals surface area contributed by atoms with E-state index in [-0.39, 0.29) is 12.3 Å². The number of ether oxygens (including phenoxy) is 1. The monoisotopic (exact) mass is 191 g/mol. The third kappa shape index (κ3) is 1.46. The van der Waals surface area contributed by atoms with E-state index in [4.69, 9.17) is 4.74 Å². The normalized spacial score (nSPS) is 13.9. The Balaban J connectivity index is 2.47. The van der Waals surface area contributed by atoms with Crippen LogP contribution in [0.2, 0.25) is 0 Å². The number of fused-ring (bicyclic) bond motifs is 1. The van der Waals surface area contributed by atoms with Crippen molar-refractivity contribution in [3.63, 3.8) is 0 Å². The van der Waals surface area contributed by atoms with Gasteiger partial charge in [0.2, 0.25) is 0 Å². The maximum Gasteiger partial charge on any atom is 0.284 e. The van der Waals surface area contributed by atoms with Crippen LogP contribution in [0, 0.1) is 17.0 Å². The SMILES string of the molecule is Cc1ccc2c(c1)C=C([N+](=O)[O-])CO2. The molecule has 14 heavy (non-hydrogen) atoms. The van der Waals surface area contributed by atoms with Gasteiger partial charge in [-0.05, 0) is 19.1 Å². The van der Waals surface area contributed by atoms with Crippen LogP contribution in [0.15, 0.2) is 23.9 Å². The van der Waals surface area contributed by atoms with Gasteiger partial charge in [0.1, 0.15) is 5.75 Å². The Hall–Kier alpha value is -1.84. The smallest absolute Gasteiger partial charge is 0.284 e. The molecule has 4 nitrogen and oxygen atoms in total. The molecule has 0 unspecified atom stereocenters. The molecule has 0 bridgehead atoms. The fraction of sp³-hybridized carbons (Fsp3) is 0.200. The molecule has 0 radical (unpaired) electrons. The fourth-order valence-electron chi connectivity index (χ4n) is 1.39. The highest BCUT2D eigenvalue weighted by molar-refractivity contribution is 5.61. The van der Waals surface area contributed by atoms with Crippen LogP contribution in [-0.4, -0.2) is 11.5 Å². The van der Waals surface area contributed by atoms with Crippen LogP contribution in [0.1, 0.15) is 11.1 Å². The van der Waals surface area contributed by atoms with Gasteiger partial charge >= 0.3 is 0 Å². The summed E-state index contributed by atoms with van der Waals surface area (Å²) in [7, 11) is 0. The second kappa shape index (κ2) is 3.14. The molecule has 0 aromatic heterocycles. The van der Waals surface area contributed by atoms with Gasteiger partial charge in [0, 0.05) is 11.6 Å². The molecule has 1 heterocycles. The van der Waals surface area contributed by atoms with Crippen molar-refractivity contribution >= 4 is 6.08 Å². The van der Waals surface area contributed by atoms with Crippen molar-refractivity contribution < 1.29 is 9.66 Å². The van der Waals surface area contributed by atoms with E-state index in [1.165, 1.54) is 0 Å². The van der Waals surface area contributed by atoms with Gasteiger partial charge in [0.15, 0.2) is 6.61 Å². The molecule has 0 saturated heterocycles. The van der Waals surface area contributed by atoms with Crippen LogP contribution in [-0.2, 0) is 0 Å². The zero-order valence-corrected chi connectivity index (χ0v) is 7.69. The van der Waals surface area contributed by atoms with Gasteiger partial charge in [-0.15, -0.1) is 0 Å². The first-order chi connectivity index (χ1) is 6.66. The maximum atomic E-state index is 10.5. The second-order valence-electron chi connectivity index (χ2n) is 3.22. The van der Waals surface area contributed by atoms with Gasteiger partial charge in [-0.25, -0.2) is 0 Å². The molecule has 1 aliphatic heterocycles. The first-order valence-corrected chi connectivity index (χ1v) is 4.25. The zero-order chi connectivity index (χ0) is 10.1. The van der Waals surface area contributed by atoms with Crippen LogP contribution in [0.3, 0.4) is 0 Å². The molecule has 1 aromatic carbocycles. The summed E-state index contributed by atoms with van der Waals surface area (Å²) in [5.74, 6) is 0.709. The molecule has 0 fully saturated rings. The van der Waals surface area contributed by atoms with Crippen LogP contribution in [0.25, 0.3) is 6.08 Å². The predicted octanol–water partition coefficient (Wildman–Crippen LogP) is 2.01. The first-order valence-electron chi connectivity index (χ1n) is 4.25. The minimum absolute atomic E-state index is 0.0447. The number of hydrogen-bond acceptors (Lipinski definition) is 3. The third-order valence-corrected chi connectivity index (χ3v) is 2.10. The Labute approximate surface area is 81.0 Å². The molecule has 4 heteroatoms. The van der Waals surface area contributed by atoms with Crippen molar-refractivity contribution in [3.05, 3.63) is 45.1 Å². The molecule has 72 valence electrons. The van der Waals surface area contributed by atoms with E-state index < -0.39 is 4.92 Å². The summed E-state index contributed by atoms with van der Waals surface area (Å²) in [6.07, 6.45) is 1.56. The number of nitrogens with zero attached hydrogens (tertiary/aromatic N) is 1. The lowest BCUT2D eigenvalue weighted by Gasteiger charge is -2.13. The molecule has 0 N–H and O–H groups in total. The van der Waals surface area contributed by atoms with Crippen molar-refractivity contribution in [2.24, 2.45) is 0 Å². The zero-order valence-electron chi connectivity index (χ0n) is 7.69. The second-order valence-corrected chi connectivity index (χ2v) is 3.22. The summed E-state index contributed by atoms with van der Waals surface area (Å²) < 4.78 is 5.24. The Morgan fingerprint density at radius 1 is 1.50 bits per heavy atom. The van der Waals surface area contributed by atoms with E-state index in [1.807, 2.05) is 25.1 Å². The average Bonchev–Trinajstić information content (AvgIpc) is 2.16. The van der Waals surface area contributed by atoms with Crippen LogP contribution in [0.5, 0.6) is 5.75 Å². The van der Waals surface area contributed by atoms with E-state index in [9.17, 15) is 10.1 Å². The molecular weight excluding hydrogens is 182 g/mol. The topological polar surface area (TPSA) is 52.4 Å². The van der Waals surface area contributed by atoms with Gasteiger partial charge in [-0.3, -0.25) is 10.1 Å². The van der Waals surface area contributed by atoms with Gasteiger partial charge in [-0.1, -0.05) is 11.6 Å². The number of hydrogen-bond donors (Lipinski definition) is 0. The molecule has 0 spiro atoms. The fourth-order valence-corrected chi connectivity index (χ4v) is 1.39. The molecule has 0 atom stereocenters. The standard InChI is InChI=1S/C10H9NO3/c1-7-2-3-10-8(4-7)5-9(6-14-10)11(12)13/h2-5H,6H2,1H3. The average molecular weight is 191 g/mol. The van der Waals surface area contributed by atoms with E-state index >= 15 is 0 Å². The number of rotatable bonds is 1. The van der Waals surface area contributed by atoms with Crippen LogP contribution >= 0.6 is 0 Å². The lowest BCUT2D eigenvalue weighted by Crippen LogP contribution is -2.13. The van der Waals surface area contributed by atoms with E-state index in [1.54, 1.807) is 6.08 Å². The van der Waals surface area contributed by atoms with Gasteiger partial charge in [0.05, 0.1) is 4.92 Å². The first kappa shape index (κ1) is 8.74. The Morgan fingerprint density at radius 2 is 2.29 bits per heavy atom. The quantitative estimate of drug-likeness (QED) is 0.504. The summed E-state index contributed by atoms with van der Waals surface area (Å²) in [5.41, 5.74) is 1.94. The maximum absolute atomic E-state index is 10.5. The lowest BCUT2D eigenvalue weighted by atomic mass is 10.1. The minimum Gasteiger partial charge on any atom is -0.482 e. The summed E-state index contributed by atoms with van der Waals surface area (Å²) in [6.45, 7) is 1.98. The van der Waals surface area contributed by atoms with E-state index in [0.29, 0.717) is 5.75 Å². The highest BCUT2D eigenvalue weighted by Gasteiger charge is 2.18. The Kier molecular flexibility index (Phi) is 1.96. The summed E-state index contributed by atoms with van der Waals surface area (Å²) in [5, 5.41) is 10.5. The Morgan fingerprint density at radius 3 is 3.00 bits per heavy atom. The summed E-state index contributed by atoms with van der Waals surface area (Å²) >= 11 is 0. The summed E-state index contributed by atoms with van der Waals surface area (Å²) in [6, 6.07) is 5.62. The Bertz CT molecular complexity index is 423. The van der Waals surface area contributed by atoms with Crippen molar-refractivity contribution in [1.82, 2.24) is 0 Å². The highest BCUT2D eigenvalue weighted by Crippen LogP contribution is 2.26. The van der Waals surface area contributed by atoms with Crippen molar-refractivity contribution in [1.29, 1.82) is 0 Å². The molecule has 0 amide bonds. The number of aryl methyl sites for hydroxylation is 1. The van der Waals surface area contributed by atoms with E-state index in [0.717, 1.165) is 11.1 Å². The number of nitro groups is 1. The molecule has 1 aromatic rings. The summed E-state index contributed by atoms with van der Waals surface area (Å²) in [4.78, 5) is 10.1. The van der Waals surface area contributed by atoms with Crippen molar-refractivity contribution in [2.45, 2.75) is 6.92 Å². The lowest BCUT2D eigenvalue weighted by molar-refractivity contribution is -0.427.